The second kappa shape index (κ2) is 4.61. The summed E-state index contributed by atoms with van der Waals surface area (Å²) in [5.74, 6) is 0.326. The standard InChI is InChI=1S/C11H13N5O2S/c1-16-5-7(4-12-16)8(10(17)18)13-11-14-9(15-19-11)6-2-3-6/h4-6,8H,2-3H2,1H3,(H,17,18)(H,13,14,15). The molecule has 19 heavy (non-hydrogen) atoms. The highest BCUT2D eigenvalue weighted by atomic mass is 32.1. The summed E-state index contributed by atoms with van der Waals surface area (Å²) in [4.78, 5) is 15.7. The van der Waals surface area contributed by atoms with Crippen LogP contribution < -0.4 is 5.32 Å². The van der Waals surface area contributed by atoms with Crippen LogP contribution in [0, 0.1) is 0 Å². The van der Waals surface area contributed by atoms with Gasteiger partial charge in [-0.25, -0.2) is 9.78 Å². The van der Waals surface area contributed by atoms with Crippen molar-refractivity contribution in [2.24, 2.45) is 7.05 Å². The summed E-state index contributed by atoms with van der Waals surface area (Å²) in [6.45, 7) is 0. The summed E-state index contributed by atoms with van der Waals surface area (Å²) < 4.78 is 5.82. The molecule has 100 valence electrons. The second-order valence-corrected chi connectivity index (χ2v) is 5.35. The molecule has 1 atom stereocenters. The van der Waals surface area contributed by atoms with Gasteiger partial charge in [0.05, 0.1) is 6.20 Å². The van der Waals surface area contributed by atoms with Crippen molar-refractivity contribution in [1.29, 1.82) is 0 Å². The maximum absolute atomic E-state index is 11.3. The fourth-order valence-corrected chi connectivity index (χ4v) is 2.48. The van der Waals surface area contributed by atoms with Crippen LogP contribution in [-0.2, 0) is 11.8 Å². The fourth-order valence-electron chi connectivity index (χ4n) is 1.80. The Morgan fingerprint density at radius 1 is 1.63 bits per heavy atom. The van der Waals surface area contributed by atoms with Gasteiger partial charge in [0.2, 0.25) is 5.13 Å². The molecule has 2 heterocycles. The van der Waals surface area contributed by atoms with Gasteiger partial charge >= 0.3 is 5.97 Å². The van der Waals surface area contributed by atoms with Crippen LogP contribution in [-0.4, -0.2) is 30.2 Å². The lowest BCUT2D eigenvalue weighted by Crippen LogP contribution is -2.20. The minimum absolute atomic E-state index is 0.466. The number of hydrogen-bond donors (Lipinski definition) is 2. The minimum atomic E-state index is -0.962. The molecule has 2 N–H and O–H groups in total. The number of carboxylic acid groups (broad SMARTS) is 1. The number of hydrogen-bond acceptors (Lipinski definition) is 6. The summed E-state index contributed by atoms with van der Waals surface area (Å²) >= 11 is 1.20. The van der Waals surface area contributed by atoms with Crippen LogP contribution in [0.2, 0.25) is 0 Å². The van der Waals surface area contributed by atoms with Crippen LogP contribution in [0.4, 0.5) is 5.13 Å². The number of aryl methyl sites for hydroxylation is 1. The number of aliphatic carboxylic acids is 1. The Kier molecular flexibility index (Phi) is 2.94. The lowest BCUT2D eigenvalue weighted by Gasteiger charge is -2.10. The second-order valence-electron chi connectivity index (χ2n) is 4.59. The first kappa shape index (κ1) is 12.1. The number of nitrogens with one attached hydrogen (secondary N) is 1. The molecule has 1 aliphatic rings. The van der Waals surface area contributed by atoms with Gasteiger partial charge in [-0.05, 0) is 12.8 Å². The van der Waals surface area contributed by atoms with Crippen molar-refractivity contribution in [1.82, 2.24) is 19.1 Å². The van der Waals surface area contributed by atoms with Crippen LogP contribution in [0.1, 0.15) is 36.2 Å². The Balaban J connectivity index is 1.78. The highest BCUT2D eigenvalue weighted by Gasteiger charge is 2.29. The molecule has 0 amide bonds. The first-order valence-corrected chi connectivity index (χ1v) is 6.72. The highest BCUT2D eigenvalue weighted by molar-refractivity contribution is 7.09. The fraction of sp³-hybridized carbons (Fsp3) is 0.455. The van der Waals surface area contributed by atoms with E-state index in [1.54, 1.807) is 17.9 Å². The quantitative estimate of drug-likeness (QED) is 0.859. The number of nitrogens with zero attached hydrogens (tertiary/aromatic N) is 4. The van der Waals surface area contributed by atoms with Gasteiger partial charge in [-0.3, -0.25) is 4.68 Å². The number of rotatable bonds is 5. The molecular formula is C11H13N5O2S. The van der Waals surface area contributed by atoms with Crippen molar-refractivity contribution in [3.05, 3.63) is 23.8 Å². The van der Waals surface area contributed by atoms with E-state index in [2.05, 4.69) is 19.8 Å². The topological polar surface area (TPSA) is 92.9 Å². The van der Waals surface area contributed by atoms with Gasteiger partial charge in [0.25, 0.3) is 0 Å². The van der Waals surface area contributed by atoms with E-state index in [1.807, 2.05) is 0 Å². The van der Waals surface area contributed by atoms with Gasteiger partial charge in [0.1, 0.15) is 5.82 Å². The number of anilines is 1. The van der Waals surface area contributed by atoms with Gasteiger partial charge in [-0.1, -0.05) is 0 Å². The average molecular weight is 279 g/mol. The Hall–Kier alpha value is -1.96. The van der Waals surface area contributed by atoms with E-state index in [4.69, 9.17) is 0 Å². The molecular weight excluding hydrogens is 266 g/mol. The third-order valence-corrected chi connectivity index (χ3v) is 3.62. The molecule has 1 fully saturated rings. The number of aromatic nitrogens is 4. The summed E-state index contributed by atoms with van der Waals surface area (Å²) in [6, 6.07) is -0.853. The molecule has 0 bridgehead atoms. The van der Waals surface area contributed by atoms with E-state index in [-0.39, 0.29) is 0 Å². The van der Waals surface area contributed by atoms with Crippen molar-refractivity contribution >= 4 is 22.6 Å². The minimum Gasteiger partial charge on any atom is -0.479 e. The molecule has 3 rings (SSSR count). The van der Waals surface area contributed by atoms with Crippen LogP contribution in [0.15, 0.2) is 12.4 Å². The van der Waals surface area contributed by atoms with E-state index in [9.17, 15) is 9.90 Å². The Morgan fingerprint density at radius 3 is 3.00 bits per heavy atom. The van der Waals surface area contributed by atoms with Crippen LogP contribution in [0.25, 0.3) is 0 Å². The summed E-state index contributed by atoms with van der Waals surface area (Å²) in [6.07, 6.45) is 5.46. The van der Waals surface area contributed by atoms with Gasteiger partial charge in [-0.15, -0.1) is 0 Å². The molecule has 0 aromatic carbocycles. The van der Waals surface area contributed by atoms with Crippen LogP contribution in [0.3, 0.4) is 0 Å². The van der Waals surface area contributed by atoms with Crippen LogP contribution in [0.5, 0.6) is 0 Å². The molecule has 7 nitrogen and oxygen atoms in total. The smallest absolute Gasteiger partial charge is 0.331 e. The van der Waals surface area contributed by atoms with Crippen molar-refractivity contribution < 1.29 is 9.90 Å². The Morgan fingerprint density at radius 2 is 2.42 bits per heavy atom. The van der Waals surface area contributed by atoms with E-state index in [0.717, 1.165) is 18.7 Å². The van der Waals surface area contributed by atoms with Gasteiger partial charge in [-0.2, -0.15) is 9.47 Å². The average Bonchev–Trinajstić information content (AvgIpc) is 2.96. The van der Waals surface area contributed by atoms with Crippen molar-refractivity contribution in [2.75, 3.05) is 5.32 Å². The number of carboxylic acids is 1. The van der Waals surface area contributed by atoms with Crippen molar-refractivity contribution in [3.8, 4) is 0 Å². The summed E-state index contributed by atoms with van der Waals surface area (Å²) in [5, 5.41) is 16.7. The predicted molar refractivity (Wildman–Crippen MR) is 69.1 cm³/mol. The molecule has 2 aromatic rings. The summed E-state index contributed by atoms with van der Waals surface area (Å²) in [7, 11) is 1.75. The largest absolute Gasteiger partial charge is 0.479 e. The maximum atomic E-state index is 11.3. The first-order valence-electron chi connectivity index (χ1n) is 5.95. The monoisotopic (exact) mass is 279 g/mol. The Labute approximate surface area is 113 Å². The SMILES string of the molecule is Cn1cc(C(Nc2nc(C3CC3)ns2)C(=O)O)cn1. The normalized spacial score (nSPS) is 16.3. The molecule has 1 saturated carbocycles. The predicted octanol–water partition coefficient (Wildman–Crippen LogP) is 1.39. The van der Waals surface area contributed by atoms with Crippen LogP contribution >= 0.6 is 11.5 Å². The molecule has 1 unspecified atom stereocenters. The molecule has 0 radical (unpaired) electrons. The third kappa shape index (κ3) is 2.58. The van der Waals surface area contributed by atoms with Gasteiger partial charge < -0.3 is 10.4 Å². The van der Waals surface area contributed by atoms with Gasteiger partial charge in [0, 0.05) is 36.3 Å². The Bertz CT molecular complexity index is 604. The zero-order valence-corrected chi connectivity index (χ0v) is 11.1. The molecule has 8 heteroatoms. The van der Waals surface area contributed by atoms with E-state index in [1.165, 1.54) is 17.7 Å². The molecule has 0 aliphatic heterocycles. The molecule has 2 aromatic heterocycles. The van der Waals surface area contributed by atoms with Crippen molar-refractivity contribution in [3.63, 3.8) is 0 Å². The summed E-state index contributed by atoms with van der Waals surface area (Å²) in [5.41, 5.74) is 0.596. The lowest BCUT2D eigenvalue weighted by atomic mass is 10.2. The van der Waals surface area contributed by atoms with Gasteiger partial charge in [0.15, 0.2) is 6.04 Å². The van der Waals surface area contributed by atoms with Crippen molar-refractivity contribution in [2.45, 2.75) is 24.8 Å². The highest BCUT2D eigenvalue weighted by Crippen LogP contribution is 2.39. The maximum Gasteiger partial charge on any atom is 0.331 e. The van der Waals surface area contributed by atoms with E-state index < -0.39 is 12.0 Å². The third-order valence-electron chi connectivity index (χ3n) is 2.96. The van der Waals surface area contributed by atoms with E-state index >= 15 is 0 Å². The first-order chi connectivity index (χ1) is 9.13. The number of carbonyl (C=O) groups is 1. The molecule has 0 saturated heterocycles. The van der Waals surface area contributed by atoms with E-state index in [0.29, 0.717) is 16.6 Å². The molecule has 1 aliphatic carbocycles. The molecule has 0 spiro atoms. The zero-order valence-electron chi connectivity index (χ0n) is 10.3. The lowest BCUT2D eigenvalue weighted by molar-refractivity contribution is -0.138. The zero-order chi connectivity index (χ0) is 13.4.